The number of para-hydroxylation sites is 1. The first-order chi connectivity index (χ1) is 12.6. The molecule has 0 fully saturated rings. The second-order valence-electron chi connectivity index (χ2n) is 6.85. The van der Waals surface area contributed by atoms with E-state index in [1.54, 1.807) is 0 Å². The van der Waals surface area contributed by atoms with Gasteiger partial charge in [-0.05, 0) is 30.7 Å². The SMILES string of the molecule is CC1CN(Cc2cccc(Cl)c2)c2nc3c(N)nc4ccccc4c3n21. The van der Waals surface area contributed by atoms with Crippen molar-refractivity contribution >= 4 is 45.3 Å². The van der Waals surface area contributed by atoms with E-state index in [2.05, 4.69) is 33.5 Å². The molecule has 0 bridgehead atoms. The van der Waals surface area contributed by atoms with Crippen molar-refractivity contribution in [3.63, 3.8) is 0 Å². The summed E-state index contributed by atoms with van der Waals surface area (Å²) in [7, 11) is 0. The Morgan fingerprint density at radius 1 is 1.15 bits per heavy atom. The molecule has 0 radical (unpaired) electrons. The number of nitrogens with zero attached hydrogens (tertiary/aromatic N) is 4. The molecule has 5 rings (SSSR count). The Balaban J connectivity index is 1.69. The molecule has 26 heavy (non-hydrogen) atoms. The third-order valence-electron chi connectivity index (χ3n) is 5.01. The zero-order valence-electron chi connectivity index (χ0n) is 14.4. The number of fused-ring (bicyclic) bond motifs is 5. The Morgan fingerprint density at radius 3 is 2.85 bits per heavy atom. The number of pyridine rings is 1. The van der Waals surface area contributed by atoms with E-state index in [1.165, 1.54) is 5.56 Å². The number of anilines is 2. The van der Waals surface area contributed by atoms with Gasteiger partial charge in [0.1, 0.15) is 5.52 Å². The molecule has 1 aliphatic rings. The van der Waals surface area contributed by atoms with Crippen LogP contribution >= 0.6 is 11.6 Å². The van der Waals surface area contributed by atoms with E-state index < -0.39 is 0 Å². The molecule has 5 nitrogen and oxygen atoms in total. The van der Waals surface area contributed by atoms with Gasteiger partial charge in [-0.15, -0.1) is 0 Å². The van der Waals surface area contributed by atoms with Crippen LogP contribution < -0.4 is 10.6 Å². The van der Waals surface area contributed by atoms with E-state index in [0.717, 1.165) is 46.0 Å². The Labute approximate surface area is 156 Å². The number of imidazole rings is 1. The molecule has 1 atom stereocenters. The summed E-state index contributed by atoms with van der Waals surface area (Å²) < 4.78 is 2.29. The van der Waals surface area contributed by atoms with Gasteiger partial charge < -0.3 is 15.2 Å². The molecule has 0 spiro atoms. The summed E-state index contributed by atoms with van der Waals surface area (Å²) in [5.41, 5.74) is 10.1. The van der Waals surface area contributed by atoms with Gasteiger partial charge in [-0.3, -0.25) is 0 Å². The highest BCUT2D eigenvalue weighted by molar-refractivity contribution is 6.30. The molecule has 0 saturated heterocycles. The predicted octanol–water partition coefficient (Wildman–Crippen LogP) is 4.40. The zero-order valence-corrected chi connectivity index (χ0v) is 15.1. The Morgan fingerprint density at radius 2 is 2.00 bits per heavy atom. The third kappa shape index (κ3) is 2.24. The largest absolute Gasteiger partial charge is 0.382 e. The summed E-state index contributed by atoms with van der Waals surface area (Å²) >= 11 is 6.15. The number of aromatic nitrogens is 3. The Hall–Kier alpha value is -2.79. The number of rotatable bonds is 2. The summed E-state index contributed by atoms with van der Waals surface area (Å²) in [5.74, 6) is 1.42. The lowest BCUT2D eigenvalue weighted by atomic mass is 10.1. The molecule has 0 aliphatic carbocycles. The van der Waals surface area contributed by atoms with Gasteiger partial charge in [-0.2, -0.15) is 0 Å². The number of nitrogen functional groups attached to an aromatic ring is 1. The third-order valence-corrected chi connectivity index (χ3v) is 5.24. The summed E-state index contributed by atoms with van der Waals surface area (Å²) in [5, 5.41) is 1.84. The first kappa shape index (κ1) is 15.5. The smallest absolute Gasteiger partial charge is 0.207 e. The average molecular weight is 364 g/mol. The lowest BCUT2D eigenvalue weighted by Crippen LogP contribution is -2.21. The maximum Gasteiger partial charge on any atom is 0.207 e. The van der Waals surface area contributed by atoms with Crippen LogP contribution in [0.3, 0.4) is 0 Å². The van der Waals surface area contributed by atoms with E-state index in [0.29, 0.717) is 11.9 Å². The van der Waals surface area contributed by atoms with Crippen molar-refractivity contribution in [1.29, 1.82) is 0 Å². The van der Waals surface area contributed by atoms with Gasteiger partial charge in [0.25, 0.3) is 0 Å². The van der Waals surface area contributed by atoms with Crippen LogP contribution in [-0.4, -0.2) is 21.1 Å². The van der Waals surface area contributed by atoms with E-state index >= 15 is 0 Å². The van der Waals surface area contributed by atoms with Crippen molar-refractivity contribution in [3.8, 4) is 0 Å². The van der Waals surface area contributed by atoms with Gasteiger partial charge in [0.05, 0.1) is 17.1 Å². The normalized spacial score (nSPS) is 16.5. The number of benzene rings is 2. The summed E-state index contributed by atoms with van der Waals surface area (Å²) in [4.78, 5) is 11.7. The molecule has 130 valence electrons. The van der Waals surface area contributed by atoms with Crippen LogP contribution in [0.15, 0.2) is 48.5 Å². The van der Waals surface area contributed by atoms with Gasteiger partial charge in [-0.1, -0.05) is 41.9 Å². The van der Waals surface area contributed by atoms with Crippen molar-refractivity contribution < 1.29 is 0 Å². The van der Waals surface area contributed by atoms with Crippen LogP contribution in [0.5, 0.6) is 0 Å². The number of hydrogen-bond acceptors (Lipinski definition) is 4. The first-order valence-corrected chi connectivity index (χ1v) is 9.05. The molecule has 1 unspecified atom stereocenters. The first-order valence-electron chi connectivity index (χ1n) is 8.67. The lowest BCUT2D eigenvalue weighted by molar-refractivity contribution is 0.627. The number of hydrogen-bond donors (Lipinski definition) is 1. The second kappa shape index (κ2) is 5.61. The van der Waals surface area contributed by atoms with Crippen LogP contribution in [0.25, 0.3) is 21.9 Å². The fourth-order valence-electron chi connectivity index (χ4n) is 3.92. The quantitative estimate of drug-likeness (QED) is 0.573. The van der Waals surface area contributed by atoms with E-state index in [9.17, 15) is 0 Å². The average Bonchev–Trinajstić information content (AvgIpc) is 3.15. The van der Waals surface area contributed by atoms with Crippen molar-refractivity contribution in [1.82, 2.24) is 14.5 Å². The maximum atomic E-state index is 6.22. The van der Waals surface area contributed by atoms with Crippen molar-refractivity contribution in [3.05, 3.63) is 59.1 Å². The van der Waals surface area contributed by atoms with Gasteiger partial charge in [0.2, 0.25) is 5.95 Å². The molecule has 2 N–H and O–H groups in total. The fourth-order valence-corrected chi connectivity index (χ4v) is 4.14. The topological polar surface area (TPSA) is 60.0 Å². The standard InChI is InChI=1S/C20H18ClN5/c1-12-10-25(11-13-5-4-6-14(21)9-13)20-24-17-18(26(12)20)15-7-2-3-8-16(15)23-19(17)22/h2-9,12H,10-11H2,1H3,(H2,22,23). The van der Waals surface area contributed by atoms with E-state index in [1.807, 2.05) is 36.4 Å². The van der Waals surface area contributed by atoms with Crippen LogP contribution in [0, 0.1) is 0 Å². The predicted molar refractivity (Wildman–Crippen MR) is 107 cm³/mol. The molecular formula is C20H18ClN5. The highest BCUT2D eigenvalue weighted by Gasteiger charge is 2.31. The molecule has 0 saturated carbocycles. The van der Waals surface area contributed by atoms with Crippen LogP contribution in [-0.2, 0) is 6.54 Å². The molecule has 2 aromatic carbocycles. The number of halogens is 1. The summed E-state index contributed by atoms with van der Waals surface area (Å²) in [6.07, 6.45) is 0. The van der Waals surface area contributed by atoms with Gasteiger partial charge in [0.15, 0.2) is 5.82 Å². The molecule has 6 heteroatoms. The zero-order chi connectivity index (χ0) is 17.8. The van der Waals surface area contributed by atoms with Crippen molar-refractivity contribution in [2.45, 2.75) is 19.5 Å². The molecule has 2 aromatic heterocycles. The molecule has 1 aliphatic heterocycles. The summed E-state index contributed by atoms with van der Waals surface area (Å²) in [6, 6.07) is 16.4. The molecule has 0 amide bonds. The van der Waals surface area contributed by atoms with Crippen LogP contribution in [0.4, 0.5) is 11.8 Å². The van der Waals surface area contributed by atoms with Crippen molar-refractivity contribution in [2.24, 2.45) is 0 Å². The summed E-state index contributed by atoms with van der Waals surface area (Å²) in [6.45, 7) is 3.88. The monoisotopic (exact) mass is 363 g/mol. The van der Waals surface area contributed by atoms with Gasteiger partial charge in [0, 0.05) is 23.5 Å². The minimum absolute atomic E-state index is 0.305. The minimum atomic E-state index is 0.305. The fraction of sp³-hybridized carbons (Fsp3) is 0.200. The Kier molecular flexibility index (Phi) is 3.34. The van der Waals surface area contributed by atoms with Crippen molar-refractivity contribution in [2.75, 3.05) is 17.2 Å². The minimum Gasteiger partial charge on any atom is -0.382 e. The highest BCUT2D eigenvalue weighted by atomic mass is 35.5. The Bertz CT molecular complexity index is 1150. The second-order valence-corrected chi connectivity index (χ2v) is 7.29. The van der Waals surface area contributed by atoms with Crippen LogP contribution in [0.2, 0.25) is 5.02 Å². The molecule has 3 heterocycles. The highest BCUT2D eigenvalue weighted by Crippen LogP contribution is 2.38. The van der Waals surface area contributed by atoms with Gasteiger partial charge in [-0.25, -0.2) is 9.97 Å². The molecular weight excluding hydrogens is 346 g/mol. The molecule has 4 aromatic rings. The number of nitrogens with two attached hydrogens (primary N) is 1. The van der Waals surface area contributed by atoms with E-state index in [4.69, 9.17) is 22.3 Å². The van der Waals surface area contributed by atoms with E-state index in [-0.39, 0.29) is 0 Å². The lowest BCUT2D eigenvalue weighted by Gasteiger charge is -2.16. The van der Waals surface area contributed by atoms with Gasteiger partial charge >= 0.3 is 0 Å². The maximum absolute atomic E-state index is 6.22. The van der Waals surface area contributed by atoms with Crippen LogP contribution in [0.1, 0.15) is 18.5 Å².